The van der Waals surface area contributed by atoms with Crippen LogP contribution in [0.5, 0.6) is 0 Å². The summed E-state index contributed by atoms with van der Waals surface area (Å²) in [6, 6.07) is 0. The lowest BCUT2D eigenvalue weighted by Gasteiger charge is -2.03. The fourth-order valence-electron chi connectivity index (χ4n) is 1.32. The third-order valence-corrected chi connectivity index (χ3v) is 3.78. The van der Waals surface area contributed by atoms with Gasteiger partial charge in [0.15, 0.2) is 0 Å². The van der Waals surface area contributed by atoms with Gasteiger partial charge >= 0.3 is 0 Å². The predicted molar refractivity (Wildman–Crippen MR) is 51.2 cm³/mol. The first-order chi connectivity index (χ1) is 5.38. The summed E-state index contributed by atoms with van der Waals surface area (Å²) in [5.74, 6) is 3.10. The molecule has 0 aromatic carbocycles. The minimum atomic E-state index is 0.631. The molecule has 60 valence electrons. The van der Waals surface area contributed by atoms with Gasteiger partial charge in [0.2, 0.25) is 0 Å². The van der Waals surface area contributed by atoms with Gasteiger partial charge in [0.05, 0.1) is 11.2 Å². The standard InChI is InChI=1S/C7H10N2S2/c8-7-6(9-4-11-7)5-1-2-10-3-5/h4-5H,1-3,8H2. The molecule has 1 aliphatic heterocycles. The number of thioether (sulfide) groups is 1. The molecule has 2 rings (SSSR count). The average molecular weight is 186 g/mol. The molecule has 2 N–H and O–H groups in total. The Hall–Kier alpha value is -0.220. The van der Waals surface area contributed by atoms with Crippen molar-refractivity contribution in [3.63, 3.8) is 0 Å². The molecule has 2 nitrogen and oxygen atoms in total. The van der Waals surface area contributed by atoms with Crippen molar-refractivity contribution in [2.24, 2.45) is 0 Å². The summed E-state index contributed by atoms with van der Waals surface area (Å²) in [5, 5.41) is 0.914. The highest BCUT2D eigenvalue weighted by molar-refractivity contribution is 7.99. The topological polar surface area (TPSA) is 38.9 Å². The Morgan fingerprint density at radius 1 is 1.64 bits per heavy atom. The third kappa shape index (κ3) is 1.37. The van der Waals surface area contributed by atoms with Gasteiger partial charge in [-0.1, -0.05) is 0 Å². The molecule has 1 unspecified atom stereocenters. The maximum atomic E-state index is 5.77. The highest BCUT2D eigenvalue weighted by Gasteiger charge is 2.21. The van der Waals surface area contributed by atoms with E-state index in [4.69, 9.17) is 5.73 Å². The number of anilines is 1. The summed E-state index contributed by atoms with van der Waals surface area (Å²) in [4.78, 5) is 4.28. The lowest BCUT2D eigenvalue weighted by Crippen LogP contribution is -1.99. The molecule has 1 aliphatic rings. The van der Waals surface area contributed by atoms with Gasteiger partial charge < -0.3 is 5.73 Å². The Balaban J connectivity index is 2.21. The molecule has 4 heteroatoms. The van der Waals surface area contributed by atoms with Gasteiger partial charge in [-0.05, 0) is 12.2 Å². The third-order valence-electron chi connectivity index (χ3n) is 1.94. The van der Waals surface area contributed by atoms with E-state index in [0.29, 0.717) is 5.92 Å². The molecule has 1 aromatic rings. The molecule has 1 fully saturated rings. The molecule has 2 heterocycles. The van der Waals surface area contributed by atoms with Crippen molar-refractivity contribution >= 4 is 28.1 Å². The number of hydrogen-bond donors (Lipinski definition) is 1. The SMILES string of the molecule is Nc1scnc1C1CCSC1. The van der Waals surface area contributed by atoms with E-state index in [2.05, 4.69) is 4.98 Å². The largest absolute Gasteiger partial charge is 0.389 e. The number of rotatable bonds is 1. The lowest BCUT2D eigenvalue weighted by atomic mass is 10.1. The van der Waals surface area contributed by atoms with E-state index in [0.717, 1.165) is 10.7 Å². The van der Waals surface area contributed by atoms with Crippen molar-refractivity contribution in [1.82, 2.24) is 4.98 Å². The highest BCUT2D eigenvalue weighted by atomic mass is 32.2. The molecule has 0 aliphatic carbocycles. The molecule has 1 atom stereocenters. The molecular formula is C7H10N2S2. The highest BCUT2D eigenvalue weighted by Crippen LogP contribution is 2.35. The fourth-order valence-corrected chi connectivity index (χ4v) is 3.17. The van der Waals surface area contributed by atoms with Crippen molar-refractivity contribution < 1.29 is 0 Å². The predicted octanol–water partition coefficient (Wildman–Crippen LogP) is 1.95. The first-order valence-corrected chi connectivity index (χ1v) is 5.68. The summed E-state index contributed by atoms with van der Waals surface area (Å²) in [5.41, 5.74) is 8.75. The maximum absolute atomic E-state index is 5.77. The van der Waals surface area contributed by atoms with Gasteiger partial charge in [-0.3, -0.25) is 0 Å². The number of thiazole rings is 1. The monoisotopic (exact) mass is 186 g/mol. The minimum absolute atomic E-state index is 0.631. The van der Waals surface area contributed by atoms with Gasteiger partial charge in [-0.15, -0.1) is 11.3 Å². The van der Waals surface area contributed by atoms with E-state index in [1.54, 1.807) is 11.3 Å². The number of hydrogen-bond acceptors (Lipinski definition) is 4. The van der Waals surface area contributed by atoms with Gasteiger partial charge in [0.1, 0.15) is 5.00 Å². The molecule has 0 amide bonds. The molecular weight excluding hydrogens is 176 g/mol. The summed E-state index contributed by atoms with van der Waals surface area (Å²) in [6.45, 7) is 0. The normalized spacial score (nSPS) is 24.2. The second-order valence-corrected chi connectivity index (χ2v) is 4.70. The Bertz CT molecular complexity index is 240. The van der Waals surface area contributed by atoms with Crippen molar-refractivity contribution in [1.29, 1.82) is 0 Å². The van der Waals surface area contributed by atoms with Crippen LogP contribution in [-0.4, -0.2) is 16.5 Å². The zero-order valence-electron chi connectivity index (χ0n) is 6.12. The molecule has 0 saturated carbocycles. The van der Waals surface area contributed by atoms with Crippen molar-refractivity contribution in [3.8, 4) is 0 Å². The molecule has 11 heavy (non-hydrogen) atoms. The van der Waals surface area contributed by atoms with Crippen LogP contribution in [0, 0.1) is 0 Å². The van der Waals surface area contributed by atoms with Gasteiger partial charge in [-0.25, -0.2) is 4.98 Å². The van der Waals surface area contributed by atoms with Crippen molar-refractivity contribution in [2.45, 2.75) is 12.3 Å². The Morgan fingerprint density at radius 2 is 2.55 bits per heavy atom. The van der Waals surface area contributed by atoms with Crippen LogP contribution in [0.3, 0.4) is 0 Å². The zero-order valence-corrected chi connectivity index (χ0v) is 7.75. The Morgan fingerprint density at radius 3 is 3.09 bits per heavy atom. The molecule has 1 saturated heterocycles. The number of nitrogens with zero attached hydrogens (tertiary/aromatic N) is 1. The minimum Gasteiger partial charge on any atom is -0.389 e. The van der Waals surface area contributed by atoms with Crippen LogP contribution in [0.15, 0.2) is 5.51 Å². The number of aromatic nitrogens is 1. The smallest absolute Gasteiger partial charge is 0.109 e. The van der Waals surface area contributed by atoms with Gasteiger partial charge in [-0.2, -0.15) is 11.8 Å². The van der Waals surface area contributed by atoms with Gasteiger partial charge in [0, 0.05) is 11.7 Å². The van der Waals surface area contributed by atoms with Crippen LogP contribution < -0.4 is 5.73 Å². The molecule has 0 bridgehead atoms. The second-order valence-electron chi connectivity index (χ2n) is 2.66. The van der Waals surface area contributed by atoms with Crippen molar-refractivity contribution in [2.75, 3.05) is 17.2 Å². The van der Waals surface area contributed by atoms with Crippen LogP contribution >= 0.6 is 23.1 Å². The maximum Gasteiger partial charge on any atom is 0.109 e. The average Bonchev–Trinajstić information content (AvgIpc) is 2.55. The number of nitrogens with two attached hydrogens (primary N) is 1. The van der Waals surface area contributed by atoms with E-state index in [9.17, 15) is 0 Å². The quantitative estimate of drug-likeness (QED) is 0.728. The summed E-state index contributed by atoms with van der Waals surface area (Å²) in [6.07, 6.45) is 1.25. The lowest BCUT2D eigenvalue weighted by molar-refractivity contribution is 0.761. The van der Waals surface area contributed by atoms with Crippen LogP contribution in [0.2, 0.25) is 0 Å². The Kier molecular flexibility index (Phi) is 2.05. The zero-order chi connectivity index (χ0) is 7.68. The summed E-state index contributed by atoms with van der Waals surface area (Å²) < 4.78 is 0. The van der Waals surface area contributed by atoms with Crippen molar-refractivity contribution in [3.05, 3.63) is 11.2 Å². The molecule has 0 spiro atoms. The summed E-state index contributed by atoms with van der Waals surface area (Å²) >= 11 is 3.55. The Labute approximate surface area is 74.2 Å². The van der Waals surface area contributed by atoms with E-state index < -0.39 is 0 Å². The van der Waals surface area contributed by atoms with E-state index in [-0.39, 0.29) is 0 Å². The van der Waals surface area contributed by atoms with E-state index in [1.807, 2.05) is 17.3 Å². The van der Waals surface area contributed by atoms with Crippen LogP contribution in [0.25, 0.3) is 0 Å². The summed E-state index contributed by atoms with van der Waals surface area (Å²) in [7, 11) is 0. The number of nitrogen functional groups attached to an aromatic ring is 1. The fraction of sp³-hybridized carbons (Fsp3) is 0.571. The van der Waals surface area contributed by atoms with E-state index >= 15 is 0 Å². The van der Waals surface area contributed by atoms with Gasteiger partial charge in [0.25, 0.3) is 0 Å². The van der Waals surface area contributed by atoms with Crippen LogP contribution in [-0.2, 0) is 0 Å². The van der Waals surface area contributed by atoms with E-state index in [1.165, 1.54) is 17.9 Å². The van der Waals surface area contributed by atoms with Crippen LogP contribution in [0.4, 0.5) is 5.00 Å². The first-order valence-electron chi connectivity index (χ1n) is 3.64. The second kappa shape index (κ2) is 3.03. The molecule has 1 aromatic heterocycles. The first kappa shape index (κ1) is 7.43. The van der Waals surface area contributed by atoms with Crippen LogP contribution in [0.1, 0.15) is 18.0 Å². The molecule has 0 radical (unpaired) electrons.